The summed E-state index contributed by atoms with van der Waals surface area (Å²) in [5, 5.41) is 20.5. The van der Waals surface area contributed by atoms with E-state index in [4.69, 9.17) is 9.84 Å². The maximum absolute atomic E-state index is 13.9. The molecular weight excluding hydrogens is 435 g/mol. The zero-order chi connectivity index (χ0) is 23.1. The maximum Gasteiger partial charge on any atom is 0.335 e. The van der Waals surface area contributed by atoms with Crippen molar-refractivity contribution in [2.75, 3.05) is 11.1 Å². The highest BCUT2D eigenvalue weighted by molar-refractivity contribution is 7.99. The minimum atomic E-state index is -1.08. The smallest absolute Gasteiger partial charge is 0.335 e. The maximum atomic E-state index is 13.9. The Bertz CT molecular complexity index is 1130. The zero-order valence-corrected chi connectivity index (χ0v) is 18.0. The first-order chi connectivity index (χ1) is 15.4. The van der Waals surface area contributed by atoms with E-state index in [2.05, 4.69) is 22.1 Å². The summed E-state index contributed by atoms with van der Waals surface area (Å²) in [5.41, 5.74) is 0.463. The molecule has 0 aliphatic rings. The van der Waals surface area contributed by atoms with Crippen LogP contribution in [-0.2, 0) is 11.3 Å². The number of aromatic nitrogens is 3. The highest BCUT2D eigenvalue weighted by atomic mass is 32.2. The minimum absolute atomic E-state index is 0.0229. The number of anilines is 1. The van der Waals surface area contributed by atoms with Gasteiger partial charge >= 0.3 is 5.97 Å². The van der Waals surface area contributed by atoms with Crippen molar-refractivity contribution >= 4 is 29.3 Å². The van der Waals surface area contributed by atoms with Crippen molar-refractivity contribution in [3.63, 3.8) is 0 Å². The van der Waals surface area contributed by atoms with Gasteiger partial charge < -0.3 is 15.2 Å². The SMILES string of the molecule is C=CCn1c(SCC(=O)Nc2cccc(C(=O)O)c2)nnc1C(C)Oc1ccccc1F. The van der Waals surface area contributed by atoms with Gasteiger partial charge in [0.2, 0.25) is 5.91 Å². The Morgan fingerprint density at radius 3 is 2.78 bits per heavy atom. The number of carbonyl (C=O) groups is 2. The van der Waals surface area contributed by atoms with Crippen LogP contribution in [0.1, 0.15) is 29.2 Å². The molecule has 8 nitrogen and oxygen atoms in total. The summed E-state index contributed by atoms with van der Waals surface area (Å²) >= 11 is 1.16. The number of hydrogen-bond acceptors (Lipinski definition) is 6. The van der Waals surface area contributed by atoms with E-state index in [1.165, 1.54) is 24.3 Å². The van der Waals surface area contributed by atoms with Crippen LogP contribution < -0.4 is 10.1 Å². The molecule has 1 atom stereocenters. The summed E-state index contributed by atoms with van der Waals surface area (Å²) in [4.78, 5) is 23.4. The van der Waals surface area contributed by atoms with Crippen LogP contribution in [0.2, 0.25) is 0 Å². The van der Waals surface area contributed by atoms with Crippen LogP contribution in [-0.4, -0.2) is 37.5 Å². The van der Waals surface area contributed by atoms with Gasteiger partial charge in [0.05, 0.1) is 11.3 Å². The van der Waals surface area contributed by atoms with E-state index in [1.807, 2.05) is 0 Å². The Morgan fingerprint density at radius 1 is 1.28 bits per heavy atom. The molecule has 0 radical (unpaired) electrons. The first-order valence-electron chi connectivity index (χ1n) is 9.60. The van der Waals surface area contributed by atoms with Crippen LogP contribution in [0.25, 0.3) is 0 Å². The highest BCUT2D eigenvalue weighted by Crippen LogP contribution is 2.26. The molecule has 3 rings (SSSR count). The molecule has 0 saturated carbocycles. The van der Waals surface area contributed by atoms with Crippen molar-refractivity contribution in [2.45, 2.75) is 24.7 Å². The number of rotatable bonds is 10. The first kappa shape index (κ1) is 23.0. The van der Waals surface area contributed by atoms with Gasteiger partial charge in [-0.2, -0.15) is 0 Å². The van der Waals surface area contributed by atoms with Gasteiger partial charge in [0.15, 0.2) is 28.7 Å². The second-order valence-electron chi connectivity index (χ2n) is 6.65. The number of ether oxygens (including phenoxy) is 1. The fourth-order valence-electron chi connectivity index (χ4n) is 2.85. The third-order valence-electron chi connectivity index (χ3n) is 4.29. The molecule has 2 N–H and O–H groups in total. The average molecular weight is 456 g/mol. The van der Waals surface area contributed by atoms with E-state index in [0.29, 0.717) is 23.2 Å². The van der Waals surface area contributed by atoms with Gasteiger partial charge in [0, 0.05) is 12.2 Å². The van der Waals surface area contributed by atoms with Gasteiger partial charge in [-0.05, 0) is 37.3 Å². The molecule has 1 unspecified atom stereocenters. The minimum Gasteiger partial charge on any atom is -0.480 e. The quantitative estimate of drug-likeness (QED) is 0.348. The largest absolute Gasteiger partial charge is 0.480 e. The van der Waals surface area contributed by atoms with E-state index in [0.717, 1.165) is 11.8 Å². The molecule has 0 fully saturated rings. The molecule has 0 aliphatic heterocycles. The molecule has 0 saturated heterocycles. The number of carboxylic acids is 1. The molecule has 3 aromatic rings. The molecule has 1 heterocycles. The van der Waals surface area contributed by atoms with Gasteiger partial charge in [0.1, 0.15) is 0 Å². The van der Waals surface area contributed by atoms with Gasteiger partial charge in [0.25, 0.3) is 0 Å². The molecule has 10 heteroatoms. The van der Waals surface area contributed by atoms with Crippen molar-refractivity contribution in [3.8, 4) is 5.75 Å². The number of amides is 1. The number of allylic oxidation sites excluding steroid dienone is 1. The van der Waals surface area contributed by atoms with E-state index >= 15 is 0 Å². The Kier molecular flexibility index (Phi) is 7.61. The number of carbonyl (C=O) groups excluding carboxylic acids is 1. The lowest BCUT2D eigenvalue weighted by molar-refractivity contribution is -0.113. The lowest BCUT2D eigenvalue weighted by atomic mass is 10.2. The molecule has 0 aliphatic carbocycles. The van der Waals surface area contributed by atoms with Crippen molar-refractivity contribution in [2.24, 2.45) is 0 Å². The Balaban J connectivity index is 1.68. The van der Waals surface area contributed by atoms with Gasteiger partial charge in [-0.25, -0.2) is 9.18 Å². The van der Waals surface area contributed by atoms with Crippen molar-refractivity contribution in [1.82, 2.24) is 14.8 Å². The summed E-state index contributed by atoms with van der Waals surface area (Å²) in [6, 6.07) is 12.1. The van der Waals surface area contributed by atoms with E-state index in [-0.39, 0.29) is 23.0 Å². The number of carboxylic acid groups (broad SMARTS) is 1. The standard InChI is InChI=1S/C22H21FN4O4S/c1-3-11-27-20(14(2)31-18-10-5-4-9-17(18)23)25-26-22(27)32-13-19(28)24-16-8-6-7-15(12-16)21(29)30/h3-10,12,14H,1,11,13H2,2H3,(H,24,28)(H,29,30). The first-order valence-corrected chi connectivity index (χ1v) is 10.6. The van der Waals surface area contributed by atoms with Crippen LogP contribution in [0.15, 0.2) is 66.3 Å². The lowest BCUT2D eigenvalue weighted by Gasteiger charge is -2.16. The number of hydrogen-bond donors (Lipinski definition) is 2. The molecule has 0 bridgehead atoms. The number of benzene rings is 2. The summed E-state index contributed by atoms with van der Waals surface area (Å²) in [6.45, 7) is 5.84. The van der Waals surface area contributed by atoms with Crippen LogP contribution >= 0.6 is 11.8 Å². The second-order valence-corrected chi connectivity index (χ2v) is 7.60. The average Bonchev–Trinajstić information content (AvgIpc) is 3.17. The molecule has 0 spiro atoms. The third-order valence-corrected chi connectivity index (χ3v) is 5.25. The van der Waals surface area contributed by atoms with Crippen LogP contribution in [0.3, 0.4) is 0 Å². The van der Waals surface area contributed by atoms with Crippen LogP contribution in [0.4, 0.5) is 10.1 Å². The predicted octanol–water partition coefficient (Wildman–Crippen LogP) is 4.17. The Labute approximate surface area is 188 Å². The van der Waals surface area contributed by atoms with Crippen LogP contribution in [0.5, 0.6) is 5.75 Å². The second kappa shape index (κ2) is 10.6. The van der Waals surface area contributed by atoms with Crippen molar-refractivity contribution in [3.05, 3.63) is 78.4 Å². The topological polar surface area (TPSA) is 106 Å². The summed E-state index contributed by atoms with van der Waals surface area (Å²) in [7, 11) is 0. The molecule has 1 amide bonds. The number of halogens is 1. The van der Waals surface area contributed by atoms with E-state index in [1.54, 1.807) is 41.8 Å². The normalized spacial score (nSPS) is 11.6. The van der Waals surface area contributed by atoms with Crippen LogP contribution in [0, 0.1) is 5.82 Å². The molecule has 1 aromatic heterocycles. The van der Waals surface area contributed by atoms with Gasteiger partial charge in [-0.15, -0.1) is 16.8 Å². The fourth-order valence-corrected chi connectivity index (χ4v) is 3.60. The zero-order valence-electron chi connectivity index (χ0n) is 17.2. The summed E-state index contributed by atoms with van der Waals surface area (Å²) in [5.74, 6) is -1.30. The molecular formula is C22H21FN4O4S. The number of nitrogens with one attached hydrogen (secondary N) is 1. The molecule has 32 heavy (non-hydrogen) atoms. The van der Waals surface area contributed by atoms with Gasteiger partial charge in [-0.3, -0.25) is 9.36 Å². The molecule has 2 aromatic carbocycles. The number of thioether (sulfide) groups is 1. The van der Waals surface area contributed by atoms with Crippen molar-refractivity contribution in [1.29, 1.82) is 0 Å². The number of aromatic carboxylic acids is 1. The van der Waals surface area contributed by atoms with E-state index < -0.39 is 17.9 Å². The predicted molar refractivity (Wildman–Crippen MR) is 118 cm³/mol. The van der Waals surface area contributed by atoms with Crippen molar-refractivity contribution < 1.29 is 23.8 Å². The summed E-state index contributed by atoms with van der Waals surface area (Å²) < 4.78 is 21.3. The van der Waals surface area contributed by atoms with Gasteiger partial charge in [-0.1, -0.05) is 36.0 Å². The summed E-state index contributed by atoms with van der Waals surface area (Å²) in [6.07, 6.45) is 1.06. The number of nitrogens with zero attached hydrogens (tertiary/aromatic N) is 3. The molecule has 166 valence electrons. The fraction of sp³-hybridized carbons (Fsp3) is 0.182. The van der Waals surface area contributed by atoms with E-state index in [9.17, 15) is 14.0 Å². The monoisotopic (exact) mass is 456 g/mol. The highest BCUT2D eigenvalue weighted by Gasteiger charge is 2.20. The lowest BCUT2D eigenvalue weighted by Crippen LogP contribution is -2.16. The number of para-hydroxylation sites is 1. The third kappa shape index (κ3) is 5.73. The Hall–Kier alpha value is -3.66. The Morgan fingerprint density at radius 2 is 2.06 bits per heavy atom.